The third kappa shape index (κ3) is 4.68. The van der Waals surface area contributed by atoms with Gasteiger partial charge in [0, 0.05) is 38.5 Å². The van der Waals surface area contributed by atoms with Crippen LogP contribution in [-0.4, -0.2) is 49.6 Å². The molecule has 1 aliphatic heterocycles. The van der Waals surface area contributed by atoms with Crippen molar-refractivity contribution in [3.63, 3.8) is 0 Å². The Morgan fingerprint density at radius 1 is 1.19 bits per heavy atom. The Bertz CT molecular complexity index is 624. The van der Waals surface area contributed by atoms with Crippen molar-refractivity contribution in [2.75, 3.05) is 26.7 Å². The molecular formula is C20H29N3O3. The Morgan fingerprint density at radius 2 is 1.88 bits per heavy atom. The van der Waals surface area contributed by atoms with Gasteiger partial charge in [0.1, 0.15) is 5.75 Å². The molecule has 0 bridgehead atoms. The summed E-state index contributed by atoms with van der Waals surface area (Å²) in [5.74, 6) is 1.76. The molecule has 1 saturated carbocycles. The quantitative estimate of drug-likeness (QED) is 0.820. The Labute approximate surface area is 155 Å². The summed E-state index contributed by atoms with van der Waals surface area (Å²) < 4.78 is 5.47. The summed E-state index contributed by atoms with van der Waals surface area (Å²) in [6.07, 6.45) is 3.35. The van der Waals surface area contributed by atoms with Gasteiger partial charge >= 0.3 is 6.03 Å². The number of carbonyl (C=O) groups excluding carboxylic acids is 2. The van der Waals surface area contributed by atoms with Gasteiger partial charge in [0.15, 0.2) is 0 Å². The fourth-order valence-electron chi connectivity index (χ4n) is 3.66. The maximum Gasteiger partial charge on any atom is 0.317 e. The van der Waals surface area contributed by atoms with Gasteiger partial charge < -0.3 is 20.3 Å². The Morgan fingerprint density at radius 3 is 2.50 bits per heavy atom. The molecule has 3 amide bonds. The minimum Gasteiger partial charge on any atom is -0.494 e. The Hall–Kier alpha value is -2.24. The fraction of sp³-hybridized carbons (Fsp3) is 0.600. The molecule has 2 aliphatic rings. The second-order valence-electron chi connectivity index (χ2n) is 7.21. The SMILES string of the molecule is CCOc1ccc([C@@H]2C[C@H]2NC(=O)N2CCC(CC(=O)NC)CC2)cc1. The molecule has 6 nitrogen and oxygen atoms in total. The molecule has 3 rings (SSSR count). The molecule has 6 heteroatoms. The lowest BCUT2D eigenvalue weighted by molar-refractivity contribution is -0.121. The van der Waals surface area contributed by atoms with Crippen molar-refractivity contribution in [2.24, 2.45) is 5.92 Å². The number of nitrogens with zero attached hydrogens (tertiary/aromatic N) is 1. The normalized spacial score (nSPS) is 22.6. The van der Waals surface area contributed by atoms with Crippen LogP contribution in [0.5, 0.6) is 5.75 Å². The third-order valence-corrected chi connectivity index (χ3v) is 5.37. The third-order valence-electron chi connectivity index (χ3n) is 5.37. The molecule has 2 N–H and O–H groups in total. The summed E-state index contributed by atoms with van der Waals surface area (Å²) in [6.45, 7) is 4.10. The van der Waals surface area contributed by atoms with Gasteiger partial charge in [-0.15, -0.1) is 0 Å². The first-order chi connectivity index (χ1) is 12.6. The fourth-order valence-corrected chi connectivity index (χ4v) is 3.66. The number of benzene rings is 1. The van der Waals surface area contributed by atoms with E-state index in [2.05, 4.69) is 22.8 Å². The van der Waals surface area contributed by atoms with Crippen LogP contribution in [0.25, 0.3) is 0 Å². The van der Waals surface area contributed by atoms with Crippen LogP contribution in [0.2, 0.25) is 0 Å². The number of carbonyl (C=O) groups is 2. The molecule has 0 aromatic heterocycles. The molecule has 1 aliphatic carbocycles. The van der Waals surface area contributed by atoms with Crippen LogP contribution in [0.15, 0.2) is 24.3 Å². The number of rotatable bonds is 6. The highest BCUT2D eigenvalue weighted by Crippen LogP contribution is 2.41. The summed E-state index contributed by atoms with van der Waals surface area (Å²) in [4.78, 5) is 25.8. The van der Waals surface area contributed by atoms with E-state index in [4.69, 9.17) is 4.74 Å². The number of amides is 3. The smallest absolute Gasteiger partial charge is 0.317 e. The first-order valence-corrected chi connectivity index (χ1v) is 9.59. The lowest BCUT2D eigenvalue weighted by atomic mass is 9.93. The van der Waals surface area contributed by atoms with Crippen LogP contribution in [0, 0.1) is 5.92 Å². The monoisotopic (exact) mass is 359 g/mol. The molecule has 2 fully saturated rings. The van der Waals surface area contributed by atoms with Crippen molar-refractivity contribution in [3.05, 3.63) is 29.8 Å². The highest BCUT2D eigenvalue weighted by atomic mass is 16.5. The average Bonchev–Trinajstić information content (AvgIpc) is 3.42. The van der Waals surface area contributed by atoms with Crippen LogP contribution in [-0.2, 0) is 4.79 Å². The van der Waals surface area contributed by atoms with E-state index in [1.54, 1.807) is 7.05 Å². The predicted molar refractivity (Wildman–Crippen MR) is 100 cm³/mol. The van der Waals surface area contributed by atoms with Crippen molar-refractivity contribution in [1.82, 2.24) is 15.5 Å². The highest BCUT2D eigenvalue weighted by molar-refractivity contribution is 5.76. The van der Waals surface area contributed by atoms with E-state index in [-0.39, 0.29) is 18.0 Å². The lowest BCUT2D eigenvalue weighted by Crippen LogP contribution is -2.45. The molecule has 2 atom stereocenters. The zero-order valence-corrected chi connectivity index (χ0v) is 15.7. The van der Waals surface area contributed by atoms with Crippen LogP contribution in [0.3, 0.4) is 0 Å². The van der Waals surface area contributed by atoms with Crippen LogP contribution in [0.4, 0.5) is 4.79 Å². The second-order valence-corrected chi connectivity index (χ2v) is 7.21. The molecular weight excluding hydrogens is 330 g/mol. The van der Waals surface area contributed by atoms with Crippen molar-refractivity contribution in [2.45, 2.75) is 44.6 Å². The zero-order valence-electron chi connectivity index (χ0n) is 15.7. The summed E-state index contributed by atoms with van der Waals surface area (Å²) in [5.41, 5.74) is 1.25. The molecule has 1 heterocycles. The number of piperidine rings is 1. The van der Waals surface area contributed by atoms with Gasteiger partial charge in [-0.2, -0.15) is 0 Å². The van der Waals surface area contributed by atoms with Gasteiger partial charge in [-0.25, -0.2) is 4.79 Å². The van der Waals surface area contributed by atoms with Crippen molar-refractivity contribution in [1.29, 1.82) is 0 Å². The van der Waals surface area contributed by atoms with E-state index >= 15 is 0 Å². The van der Waals surface area contributed by atoms with Gasteiger partial charge in [-0.1, -0.05) is 12.1 Å². The van der Waals surface area contributed by atoms with Gasteiger partial charge in [-0.05, 0) is 49.8 Å². The Balaban J connectivity index is 1.42. The van der Waals surface area contributed by atoms with E-state index in [0.29, 0.717) is 24.9 Å². The molecule has 26 heavy (non-hydrogen) atoms. The first-order valence-electron chi connectivity index (χ1n) is 9.59. The van der Waals surface area contributed by atoms with Crippen LogP contribution >= 0.6 is 0 Å². The molecule has 1 saturated heterocycles. The second kappa shape index (κ2) is 8.43. The number of hydrogen-bond acceptors (Lipinski definition) is 3. The summed E-state index contributed by atoms with van der Waals surface area (Å²) in [7, 11) is 1.67. The van der Waals surface area contributed by atoms with Crippen LogP contribution < -0.4 is 15.4 Å². The van der Waals surface area contributed by atoms with Gasteiger partial charge in [0.25, 0.3) is 0 Å². The first kappa shape index (κ1) is 18.5. The lowest BCUT2D eigenvalue weighted by Gasteiger charge is -2.31. The zero-order chi connectivity index (χ0) is 18.5. The predicted octanol–water partition coefficient (Wildman–Crippen LogP) is 2.50. The number of nitrogens with one attached hydrogen (secondary N) is 2. The van der Waals surface area contributed by atoms with Crippen molar-refractivity contribution < 1.29 is 14.3 Å². The minimum atomic E-state index is 0.0295. The standard InChI is InChI=1S/C20H29N3O3/c1-3-26-16-6-4-15(5-7-16)17-13-18(17)22-20(25)23-10-8-14(9-11-23)12-19(24)21-2/h4-7,14,17-18H,3,8-13H2,1-2H3,(H,21,24)(H,22,25)/t17-,18+/m0/s1. The van der Waals surface area contributed by atoms with Gasteiger partial charge in [0.05, 0.1) is 6.61 Å². The number of ether oxygens (including phenoxy) is 1. The van der Waals surface area contributed by atoms with Gasteiger partial charge in [0.2, 0.25) is 5.91 Å². The average molecular weight is 359 g/mol. The maximum atomic E-state index is 12.5. The highest BCUT2D eigenvalue weighted by Gasteiger charge is 2.40. The topological polar surface area (TPSA) is 70.7 Å². The van der Waals surface area contributed by atoms with E-state index in [0.717, 1.165) is 38.1 Å². The van der Waals surface area contributed by atoms with E-state index in [1.165, 1.54) is 5.56 Å². The number of urea groups is 1. The van der Waals surface area contributed by atoms with Crippen molar-refractivity contribution >= 4 is 11.9 Å². The molecule has 0 radical (unpaired) electrons. The maximum absolute atomic E-state index is 12.5. The summed E-state index contributed by atoms with van der Waals surface area (Å²) in [6, 6.07) is 8.42. The van der Waals surface area contributed by atoms with E-state index in [9.17, 15) is 9.59 Å². The van der Waals surface area contributed by atoms with Crippen LogP contribution in [0.1, 0.15) is 44.1 Å². The molecule has 1 aromatic carbocycles. The van der Waals surface area contributed by atoms with Gasteiger partial charge in [-0.3, -0.25) is 4.79 Å². The largest absolute Gasteiger partial charge is 0.494 e. The molecule has 0 unspecified atom stereocenters. The molecule has 1 aromatic rings. The van der Waals surface area contributed by atoms with E-state index in [1.807, 2.05) is 24.0 Å². The number of hydrogen-bond donors (Lipinski definition) is 2. The summed E-state index contributed by atoms with van der Waals surface area (Å²) >= 11 is 0. The number of likely N-dealkylation sites (tertiary alicyclic amines) is 1. The molecule has 142 valence electrons. The molecule has 0 spiro atoms. The Kier molecular flexibility index (Phi) is 6.01. The van der Waals surface area contributed by atoms with E-state index < -0.39 is 0 Å². The summed E-state index contributed by atoms with van der Waals surface area (Å²) in [5, 5.41) is 5.83. The minimum absolute atomic E-state index is 0.0295. The van der Waals surface area contributed by atoms with Crippen molar-refractivity contribution in [3.8, 4) is 5.75 Å².